The molecule has 2 saturated heterocycles. The summed E-state index contributed by atoms with van der Waals surface area (Å²) in [6.07, 6.45) is 0.539. The van der Waals surface area contributed by atoms with E-state index in [-0.39, 0.29) is 56.5 Å². The van der Waals surface area contributed by atoms with Crippen molar-refractivity contribution < 1.29 is 35.9 Å². The molecule has 0 saturated carbocycles. The van der Waals surface area contributed by atoms with Gasteiger partial charge in [-0.1, -0.05) is 0 Å². The fraction of sp³-hybridized carbons (Fsp3) is 0.600. The molecule has 190 valence electrons. The van der Waals surface area contributed by atoms with E-state index in [2.05, 4.69) is 0 Å². The van der Waals surface area contributed by atoms with Crippen molar-refractivity contribution in [2.45, 2.75) is 11.8 Å². The Hall–Kier alpha value is -2.42. The van der Waals surface area contributed by atoms with Crippen LogP contribution in [0.1, 0.15) is 6.92 Å². The second-order valence-corrected chi connectivity index (χ2v) is 11.7. The average Bonchev–Trinajstić information content (AvgIpc) is 2.82. The van der Waals surface area contributed by atoms with Crippen molar-refractivity contribution in [3.8, 4) is 0 Å². The molecule has 2 aliphatic heterocycles. The summed E-state index contributed by atoms with van der Waals surface area (Å²) in [7, 11) is -7.56. The topological polar surface area (TPSA) is 134 Å². The number of carbonyl (C=O) groups is 2. The second-order valence-electron chi connectivity index (χ2n) is 7.85. The Bertz CT molecular complexity index is 1080. The highest BCUT2D eigenvalue weighted by Gasteiger charge is 2.30. The molecule has 0 radical (unpaired) electrons. The van der Waals surface area contributed by atoms with Crippen molar-refractivity contribution in [2.75, 3.05) is 76.2 Å². The van der Waals surface area contributed by atoms with E-state index in [1.165, 1.54) is 38.4 Å². The van der Waals surface area contributed by atoms with E-state index in [4.69, 9.17) is 9.47 Å². The van der Waals surface area contributed by atoms with E-state index in [1.54, 1.807) is 6.92 Å². The molecule has 14 heteroatoms. The third-order valence-electron chi connectivity index (χ3n) is 5.57. The number of morpholine rings is 1. The molecule has 1 aromatic carbocycles. The fourth-order valence-corrected chi connectivity index (χ4v) is 5.95. The number of carbonyl (C=O) groups excluding carboxylic acids is 2. The number of anilines is 1. The van der Waals surface area contributed by atoms with Gasteiger partial charge in [-0.15, -0.1) is 0 Å². The van der Waals surface area contributed by atoms with Gasteiger partial charge in [0.05, 0.1) is 36.7 Å². The van der Waals surface area contributed by atoms with E-state index in [1.807, 2.05) is 0 Å². The molecule has 0 aromatic heterocycles. The van der Waals surface area contributed by atoms with Crippen LogP contribution in [0, 0.1) is 0 Å². The van der Waals surface area contributed by atoms with Gasteiger partial charge in [0.2, 0.25) is 26.0 Å². The van der Waals surface area contributed by atoms with E-state index in [0.29, 0.717) is 13.2 Å². The lowest BCUT2D eigenvalue weighted by Gasteiger charge is -2.35. The van der Waals surface area contributed by atoms with Crippen molar-refractivity contribution in [3.63, 3.8) is 0 Å². The maximum atomic E-state index is 12.8. The molecule has 2 fully saturated rings. The Kier molecular flexibility index (Phi) is 8.38. The van der Waals surface area contributed by atoms with Gasteiger partial charge in [0, 0.05) is 39.3 Å². The summed E-state index contributed by atoms with van der Waals surface area (Å²) >= 11 is 0. The van der Waals surface area contributed by atoms with Gasteiger partial charge >= 0.3 is 6.09 Å². The number of hydrogen-bond donors (Lipinski definition) is 0. The first-order chi connectivity index (χ1) is 16.0. The first-order valence-electron chi connectivity index (χ1n) is 10.9. The number of hydrogen-bond acceptors (Lipinski definition) is 8. The average molecular weight is 519 g/mol. The summed E-state index contributed by atoms with van der Waals surface area (Å²) in [5, 5.41) is 0. The van der Waals surface area contributed by atoms with Crippen molar-refractivity contribution in [3.05, 3.63) is 24.3 Å². The molecule has 0 bridgehead atoms. The van der Waals surface area contributed by atoms with Crippen LogP contribution in [-0.2, 0) is 34.3 Å². The standard InChI is InChI=1S/C20H30N4O8S2/c1-3-32-20(26)22-10-8-21(9-11-22)19(25)16-24(33(2,27)28)17-4-6-18(7-5-17)34(29,30)23-12-14-31-15-13-23/h4-7H,3,8-16H2,1-2H3. The fourth-order valence-electron chi connectivity index (χ4n) is 3.70. The molecule has 0 spiro atoms. The molecule has 12 nitrogen and oxygen atoms in total. The minimum atomic E-state index is -3.83. The Morgan fingerprint density at radius 3 is 2.03 bits per heavy atom. The van der Waals surface area contributed by atoms with Crippen molar-refractivity contribution in [2.24, 2.45) is 0 Å². The van der Waals surface area contributed by atoms with Gasteiger partial charge in [-0.05, 0) is 31.2 Å². The summed E-state index contributed by atoms with van der Waals surface area (Å²) < 4.78 is 62.9. The third-order valence-corrected chi connectivity index (χ3v) is 8.62. The van der Waals surface area contributed by atoms with Crippen LogP contribution < -0.4 is 4.31 Å². The van der Waals surface area contributed by atoms with Gasteiger partial charge in [-0.2, -0.15) is 4.31 Å². The zero-order chi connectivity index (χ0) is 24.9. The van der Waals surface area contributed by atoms with Gasteiger partial charge in [-0.25, -0.2) is 21.6 Å². The lowest BCUT2D eigenvalue weighted by Crippen LogP contribution is -2.53. The third kappa shape index (κ3) is 6.17. The number of sulfonamides is 2. The molecule has 2 aliphatic rings. The molecular weight excluding hydrogens is 488 g/mol. The number of nitrogens with zero attached hydrogens (tertiary/aromatic N) is 4. The molecule has 0 aliphatic carbocycles. The first kappa shape index (κ1) is 26.2. The van der Waals surface area contributed by atoms with E-state index < -0.39 is 38.6 Å². The highest BCUT2D eigenvalue weighted by Crippen LogP contribution is 2.23. The normalized spacial score (nSPS) is 17.9. The van der Waals surface area contributed by atoms with Crippen LogP contribution in [0.25, 0.3) is 0 Å². The predicted octanol–water partition coefficient (Wildman–Crippen LogP) is -0.226. The van der Waals surface area contributed by atoms with E-state index in [0.717, 1.165) is 10.6 Å². The van der Waals surface area contributed by atoms with Crippen LogP contribution in [0.2, 0.25) is 0 Å². The highest BCUT2D eigenvalue weighted by molar-refractivity contribution is 7.92. The number of rotatable bonds is 7. The second kappa shape index (κ2) is 10.9. The lowest BCUT2D eigenvalue weighted by atomic mass is 10.3. The SMILES string of the molecule is CCOC(=O)N1CCN(C(=O)CN(c2ccc(S(=O)(=O)N3CCOCC3)cc2)S(C)(=O)=O)CC1. The van der Waals surface area contributed by atoms with E-state index >= 15 is 0 Å². The summed E-state index contributed by atoms with van der Waals surface area (Å²) in [6.45, 7) is 3.75. The Morgan fingerprint density at radius 1 is 0.941 bits per heavy atom. The Morgan fingerprint density at radius 2 is 1.50 bits per heavy atom. The number of piperazine rings is 1. The summed E-state index contributed by atoms with van der Waals surface area (Å²) in [5.41, 5.74) is 0.182. The first-order valence-corrected chi connectivity index (χ1v) is 14.2. The van der Waals surface area contributed by atoms with Gasteiger partial charge < -0.3 is 19.3 Å². The molecule has 3 rings (SSSR count). The van der Waals surface area contributed by atoms with Crippen LogP contribution in [-0.4, -0.2) is 115 Å². The minimum Gasteiger partial charge on any atom is -0.450 e. The maximum absolute atomic E-state index is 12.8. The van der Waals surface area contributed by atoms with Crippen molar-refractivity contribution >= 4 is 37.7 Å². The predicted molar refractivity (Wildman–Crippen MR) is 123 cm³/mol. The van der Waals surface area contributed by atoms with Gasteiger partial charge in [-0.3, -0.25) is 9.10 Å². The Balaban J connectivity index is 1.69. The molecule has 0 unspecified atom stereocenters. The molecule has 2 heterocycles. The van der Waals surface area contributed by atoms with Crippen LogP contribution in [0.5, 0.6) is 0 Å². The van der Waals surface area contributed by atoms with Gasteiger partial charge in [0.25, 0.3) is 0 Å². The quantitative estimate of drug-likeness (QED) is 0.484. The molecule has 2 amide bonds. The summed E-state index contributed by atoms with van der Waals surface area (Å²) in [5.74, 6) is -0.418. The zero-order valence-electron chi connectivity index (χ0n) is 19.3. The lowest BCUT2D eigenvalue weighted by molar-refractivity contribution is -0.131. The van der Waals surface area contributed by atoms with E-state index in [9.17, 15) is 26.4 Å². The van der Waals surface area contributed by atoms with Crippen molar-refractivity contribution in [1.82, 2.24) is 14.1 Å². The number of benzene rings is 1. The monoisotopic (exact) mass is 518 g/mol. The Labute approximate surface area is 200 Å². The largest absolute Gasteiger partial charge is 0.450 e. The molecule has 0 N–H and O–H groups in total. The zero-order valence-corrected chi connectivity index (χ0v) is 20.9. The molecule has 1 aromatic rings. The maximum Gasteiger partial charge on any atom is 0.409 e. The molecule has 34 heavy (non-hydrogen) atoms. The van der Waals surface area contributed by atoms with Gasteiger partial charge in [0.15, 0.2) is 0 Å². The van der Waals surface area contributed by atoms with Gasteiger partial charge in [0.1, 0.15) is 6.54 Å². The van der Waals surface area contributed by atoms with Crippen LogP contribution in [0.3, 0.4) is 0 Å². The smallest absolute Gasteiger partial charge is 0.409 e. The number of ether oxygens (including phenoxy) is 2. The summed E-state index contributed by atoms with van der Waals surface area (Å²) in [4.78, 5) is 27.7. The van der Waals surface area contributed by atoms with Crippen molar-refractivity contribution in [1.29, 1.82) is 0 Å². The molecular formula is C20H30N4O8S2. The van der Waals surface area contributed by atoms with Crippen LogP contribution >= 0.6 is 0 Å². The minimum absolute atomic E-state index is 0.0352. The highest BCUT2D eigenvalue weighted by atomic mass is 32.2. The summed E-state index contributed by atoms with van der Waals surface area (Å²) in [6, 6.07) is 5.42. The van der Waals surface area contributed by atoms with Crippen LogP contribution in [0.15, 0.2) is 29.2 Å². The number of amides is 2. The van der Waals surface area contributed by atoms with Crippen LogP contribution in [0.4, 0.5) is 10.5 Å². The molecule has 0 atom stereocenters.